The van der Waals surface area contributed by atoms with E-state index in [9.17, 15) is 4.79 Å². The Kier molecular flexibility index (Phi) is 5.05. The number of rotatable bonds is 4. The molecule has 0 saturated carbocycles. The van der Waals surface area contributed by atoms with Crippen LogP contribution in [0.3, 0.4) is 0 Å². The zero-order valence-electron chi connectivity index (χ0n) is 15.9. The summed E-state index contributed by atoms with van der Waals surface area (Å²) in [6, 6.07) is 7.44. The number of hydrogen-bond donors (Lipinski definition) is 1. The van der Waals surface area contributed by atoms with Gasteiger partial charge in [0.15, 0.2) is 0 Å². The summed E-state index contributed by atoms with van der Waals surface area (Å²) in [7, 11) is 0. The molecule has 1 atom stereocenters. The molecule has 0 aliphatic carbocycles. The fraction of sp³-hybridized carbons (Fsp3) is 0.500. The highest BCUT2D eigenvalue weighted by Crippen LogP contribution is 2.29. The van der Waals surface area contributed by atoms with E-state index in [-0.39, 0.29) is 17.4 Å². The fourth-order valence-corrected chi connectivity index (χ4v) is 3.31. The topological polar surface area (TPSA) is 81.6 Å². The molecule has 2 N–H and O–H groups in total. The van der Waals surface area contributed by atoms with Gasteiger partial charge in [0.2, 0.25) is 0 Å². The molecule has 2 heterocycles. The van der Waals surface area contributed by atoms with Crippen molar-refractivity contribution in [1.29, 1.82) is 0 Å². The Labute approximate surface area is 154 Å². The van der Waals surface area contributed by atoms with Crippen LogP contribution in [0.15, 0.2) is 28.8 Å². The largest absolute Gasteiger partial charge is 0.489 e. The van der Waals surface area contributed by atoms with E-state index in [1.165, 1.54) is 0 Å². The summed E-state index contributed by atoms with van der Waals surface area (Å²) in [5.41, 5.74) is 8.49. The lowest BCUT2D eigenvalue weighted by atomic mass is 9.79. The molecule has 3 rings (SSSR count). The van der Waals surface area contributed by atoms with Crippen LogP contribution in [-0.2, 0) is 6.61 Å². The maximum atomic E-state index is 12.9. The van der Waals surface area contributed by atoms with Crippen molar-refractivity contribution >= 4 is 5.91 Å². The number of benzene rings is 1. The van der Waals surface area contributed by atoms with Gasteiger partial charge in [0, 0.05) is 24.7 Å². The number of piperidine rings is 1. The van der Waals surface area contributed by atoms with Gasteiger partial charge in [0.1, 0.15) is 18.1 Å². The highest BCUT2D eigenvalue weighted by Gasteiger charge is 2.35. The molecule has 140 valence electrons. The molecule has 1 aliphatic heterocycles. The molecule has 0 bridgehead atoms. The third kappa shape index (κ3) is 3.75. The summed E-state index contributed by atoms with van der Waals surface area (Å²) in [6.45, 7) is 9.69. The Balaban J connectivity index is 1.70. The van der Waals surface area contributed by atoms with Crippen molar-refractivity contribution in [3.63, 3.8) is 0 Å². The van der Waals surface area contributed by atoms with Gasteiger partial charge in [-0.05, 0) is 43.9 Å². The Morgan fingerprint density at radius 2 is 2.19 bits per heavy atom. The summed E-state index contributed by atoms with van der Waals surface area (Å²) in [5, 5.41) is 3.93. The monoisotopic (exact) mass is 357 g/mol. The predicted molar refractivity (Wildman–Crippen MR) is 99.0 cm³/mol. The molecule has 2 aromatic rings. The van der Waals surface area contributed by atoms with Crippen LogP contribution in [0.25, 0.3) is 0 Å². The lowest BCUT2D eigenvalue weighted by Crippen LogP contribution is -2.53. The Morgan fingerprint density at radius 1 is 1.42 bits per heavy atom. The third-order valence-corrected chi connectivity index (χ3v) is 5.24. The van der Waals surface area contributed by atoms with Crippen molar-refractivity contribution in [3.8, 4) is 5.75 Å². The minimum Gasteiger partial charge on any atom is -0.489 e. The van der Waals surface area contributed by atoms with Gasteiger partial charge in [-0.3, -0.25) is 4.79 Å². The number of likely N-dealkylation sites (tertiary alicyclic amines) is 1. The van der Waals surface area contributed by atoms with Crippen LogP contribution in [0.2, 0.25) is 0 Å². The molecule has 1 fully saturated rings. The van der Waals surface area contributed by atoms with Crippen LogP contribution in [-0.4, -0.2) is 35.1 Å². The molecular formula is C20H27N3O3. The molecule has 1 saturated heterocycles. The fourth-order valence-electron chi connectivity index (χ4n) is 3.31. The van der Waals surface area contributed by atoms with Crippen molar-refractivity contribution in [2.45, 2.75) is 46.8 Å². The van der Waals surface area contributed by atoms with Crippen molar-refractivity contribution in [2.75, 3.05) is 13.1 Å². The molecule has 1 aromatic heterocycles. The van der Waals surface area contributed by atoms with E-state index in [1.54, 1.807) is 6.07 Å². The molecule has 26 heavy (non-hydrogen) atoms. The highest BCUT2D eigenvalue weighted by molar-refractivity contribution is 5.94. The summed E-state index contributed by atoms with van der Waals surface area (Å²) in [6.07, 6.45) is 0.820. The Morgan fingerprint density at radius 3 is 2.85 bits per heavy atom. The van der Waals surface area contributed by atoms with E-state index >= 15 is 0 Å². The second kappa shape index (κ2) is 7.11. The van der Waals surface area contributed by atoms with Gasteiger partial charge < -0.3 is 19.9 Å². The van der Waals surface area contributed by atoms with E-state index < -0.39 is 0 Å². The van der Waals surface area contributed by atoms with Gasteiger partial charge in [-0.1, -0.05) is 25.1 Å². The van der Waals surface area contributed by atoms with Crippen molar-refractivity contribution < 1.29 is 14.1 Å². The molecule has 0 spiro atoms. The summed E-state index contributed by atoms with van der Waals surface area (Å²) in [5.74, 6) is 1.43. The van der Waals surface area contributed by atoms with Gasteiger partial charge in [-0.25, -0.2) is 0 Å². The number of carbonyl (C=O) groups is 1. The van der Waals surface area contributed by atoms with Gasteiger partial charge >= 0.3 is 0 Å². The molecule has 1 aliphatic rings. The van der Waals surface area contributed by atoms with Gasteiger partial charge in [0.25, 0.3) is 5.91 Å². The van der Waals surface area contributed by atoms with Crippen LogP contribution >= 0.6 is 0 Å². The zero-order chi connectivity index (χ0) is 18.9. The first-order chi connectivity index (χ1) is 12.3. The summed E-state index contributed by atoms with van der Waals surface area (Å²) < 4.78 is 11.0. The van der Waals surface area contributed by atoms with Gasteiger partial charge in [-0.2, -0.15) is 0 Å². The van der Waals surface area contributed by atoms with Crippen molar-refractivity contribution in [2.24, 2.45) is 11.1 Å². The maximum Gasteiger partial charge on any atom is 0.254 e. The molecule has 0 radical (unpaired) electrons. The molecular weight excluding hydrogens is 330 g/mol. The van der Waals surface area contributed by atoms with E-state index in [4.69, 9.17) is 15.0 Å². The molecule has 1 unspecified atom stereocenters. The molecule has 1 amide bonds. The number of amides is 1. The molecule has 6 nitrogen and oxygen atoms in total. The number of ether oxygens (including phenoxy) is 1. The molecule has 1 aromatic carbocycles. The number of carbonyl (C=O) groups excluding carboxylic acids is 1. The highest BCUT2D eigenvalue weighted by atomic mass is 16.5. The van der Waals surface area contributed by atoms with E-state index in [2.05, 4.69) is 19.0 Å². The average molecular weight is 357 g/mol. The lowest BCUT2D eigenvalue weighted by molar-refractivity contribution is 0.0532. The second-order valence-corrected chi connectivity index (χ2v) is 7.73. The number of nitrogens with zero attached hydrogens (tertiary/aromatic N) is 2. The summed E-state index contributed by atoms with van der Waals surface area (Å²) >= 11 is 0. The lowest BCUT2D eigenvalue weighted by Gasteiger charge is -2.42. The minimum absolute atomic E-state index is 0.0211. The van der Waals surface area contributed by atoms with Crippen molar-refractivity contribution in [1.82, 2.24) is 10.1 Å². The number of aromatic nitrogens is 1. The van der Waals surface area contributed by atoms with Crippen molar-refractivity contribution in [3.05, 3.63) is 46.8 Å². The van der Waals surface area contributed by atoms with Crippen LogP contribution in [0.4, 0.5) is 0 Å². The number of aryl methyl sites for hydroxylation is 2. The van der Waals surface area contributed by atoms with Crippen LogP contribution < -0.4 is 10.5 Å². The van der Waals surface area contributed by atoms with Gasteiger partial charge in [-0.15, -0.1) is 0 Å². The SMILES string of the molecule is Cc1noc(C)c1COc1cccc(C(=O)N2CCC(N)C(C)(C)C2)c1. The maximum absolute atomic E-state index is 12.9. The minimum atomic E-state index is -0.0780. The van der Waals surface area contributed by atoms with E-state index in [0.717, 1.165) is 23.4 Å². The zero-order valence-corrected chi connectivity index (χ0v) is 15.9. The normalized spacial score (nSPS) is 19.4. The standard InChI is InChI=1S/C20H27N3O3/c1-13-17(14(2)26-22-13)11-25-16-7-5-6-15(10-16)19(24)23-9-8-18(21)20(3,4)12-23/h5-7,10,18H,8-9,11-12,21H2,1-4H3. The summed E-state index contributed by atoms with van der Waals surface area (Å²) in [4.78, 5) is 14.8. The van der Waals surface area contributed by atoms with E-state index in [1.807, 2.05) is 36.9 Å². The number of nitrogens with two attached hydrogens (primary N) is 1. The average Bonchev–Trinajstić information content (AvgIpc) is 2.93. The quantitative estimate of drug-likeness (QED) is 0.909. The van der Waals surface area contributed by atoms with Crippen LogP contribution in [0.1, 0.15) is 47.6 Å². The first kappa shape index (κ1) is 18.5. The third-order valence-electron chi connectivity index (χ3n) is 5.24. The second-order valence-electron chi connectivity index (χ2n) is 7.73. The predicted octanol–water partition coefficient (Wildman–Crippen LogP) is 3.07. The van der Waals surface area contributed by atoms with Gasteiger partial charge in [0.05, 0.1) is 11.3 Å². The Hall–Kier alpha value is -2.34. The van der Waals surface area contributed by atoms with Crippen LogP contribution in [0.5, 0.6) is 5.75 Å². The smallest absolute Gasteiger partial charge is 0.254 e. The first-order valence-electron chi connectivity index (χ1n) is 8.97. The number of hydrogen-bond acceptors (Lipinski definition) is 5. The van der Waals surface area contributed by atoms with Crippen LogP contribution in [0, 0.1) is 19.3 Å². The van der Waals surface area contributed by atoms with E-state index in [0.29, 0.717) is 31.0 Å². The molecule has 6 heteroatoms. The first-order valence-corrected chi connectivity index (χ1v) is 8.97. The Bertz CT molecular complexity index is 778.